The molecule has 2 heterocycles. The molecule has 3 rings (SSSR count). The number of rotatable bonds is 5. The van der Waals surface area contributed by atoms with E-state index in [1.807, 2.05) is 6.07 Å². The molecule has 110 valence electrons. The molecule has 1 aliphatic heterocycles. The van der Waals surface area contributed by atoms with Gasteiger partial charge in [0.15, 0.2) is 0 Å². The van der Waals surface area contributed by atoms with Gasteiger partial charge in [-0.3, -0.25) is 0 Å². The molecule has 6 heteroatoms. The zero-order chi connectivity index (χ0) is 13.9. The summed E-state index contributed by atoms with van der Waals surface area (Å²) in [4.78, 5) is 8.32. The molecule has 1 aliphatic carbocycles. The number of nitrogens with two attached hydrogens (primary N) is 1. The molecule has 0 aromatic carbocycles. The summed E-state index contributed by atoms with van der Waals surface area (Å²) >= 11 is 0. The highest BCUT2D eigenvalue weighted by molar-refractivity contribution is 5.40. The van der Waals surface area contributed by atoms with Crippen LogP contribution in [0.4, 0.5) is 5.82 Å². The highest BCUT2D eigenvalue weighted by atomic mass is 16.5. The zero-order valence-corrected chi connectivity index (χ0v) is 11.8. The van der Waals surface area contributed by atoms with Gasteiger partial charge >= 0.3 is 0 Å². The van der Waals surface area contributed by atoms with Crippen LogP contribution in [0, 0.1) is 5.92 Å². The van der Waals surface area contributed by atoms with E-state index in [1.165, 1.54) is 12.7 Å². The van der Waals surface area contributed by atoms with E-state index < -0.39 is 0 Å². The minimum Gasteiger partial charge on any atom is -0.478 e. The van der Waals surface area contributed by atoms with Crippen LogP contribution >= 0.6 is 0 Å². The van der Waals surface area contributed by atoms with E-state index in [-0.39, 0.29) is 18.2 Å². The Morgan fingerprint density at radius 2 is 2.40 bits per heavy atom. The third-order valence-corrected chi connectivity index (χ3v) is 4.09. The summed E-state index contributed by atoms with van der Waals surface area (Å²) in [5.74, 6) is 1.83. The maximum atomic E-state index is 6.23. The first-order valence-electron chi connectivity index (χ1n) is 7.38. The largest absolute Gasteiger partial charge is 0.478 e. The predicted octanol–water partition coefficient (Wildman–Crippen LogP) is 1.18. The molecular weight excluding hydrogens is 256 g/mol. The molecule has 4 atom stereocenters. The SMILES string of the molecule is CCCOc1cc(NC2C(N)C3CCCOC32)ncn1. The highest BCUT2D eigenvalue weighted by Crippen LogP contribution is 2.38. The predicted molar refractivity (Wildman–Crippen MR) is 75.7 cm³/mol. The molecule has 2 fully saturated rings. The third-order valence-electron chi connectivity index (χ3n) is 4.09. The lowest BCUT2D eigenvalue weighted by molar-refractivity contribution is -0.104. The Hall–Kier alpha value is -1.40. The average molecular weight is 278 g/mol. The van der Waals surface area contributed by atoms with Crippen molar-refractivity contribution in [2.75, 3.05) is 18.5 Å². The van der Waals surface area contributed by atoms with Crippen LogP contribution in [-0.2, 0) is 4.74 Å². The average Bonchev–Trinajstić information content (AvgIpc) is 2.50. The number of aromatic nitrogens is 2. The molecule has 6 nitrogen and oxygen atoms in total. The summed E-state index contributed by atoms with van der Waals surface area (Å²) in [6.45, 7) is 3.56. The Kier molecular flexibility index (Phi) is 4.03. The van der Waals surface area contributed by atoms with E-state index in [1.54, 1.807) is 0 Å². The molecule has 1 saturated heterocycles. The van der Waals surface area contributed by atoms with Gasteiger partial charge in [-0.25, -0.2) is 9.97 Å². The number of anilines is 1. The molecule has 1 aromatic heterocycles. The van der Waals surface area contributed by atoms with E-state index >= 15 is 0 Å². The fraction of sp³-hybridized carbons (Fsp3) is 0.714. The summed E-state index contributed by atoms with van der Waals surface area (Å²) in [5, 5.41) is 3.36. The van der Waals surface area contributed by atoms with E-state index in [9.17, 15) is 0 Å². The summed E-state index contributed by atoms with van der Waals surface area (Å²) in [6, 6.07) is 2.09. The first kappa shape index (κ1) is 13.6. The van der Waals surface area contributed by atoms with Crippen molar-refractivity contribution in [3.05, 3.63) is 12.4 Å². The molecule has 20 heavy (non-hydrogen) atoms. The van der Waals surface area contributed by atoms with Gasteiger partial charge in [0.25, 0.3) is 0 Å². The van der Waals surface area contributed by atoms with Crippen molar-refractivity contribution in [1.29, 1.82) is 0 Å². The quantitative estimate of drug-likeness (QED) is 0.841. The Bertz CT molecular complexity index is 457. The van der Waals surface area contributed by atoms with E-state index in [4.69, 9.17) is 15.2 Å². The number of nitrogens with zero attached hydrogens (tertiary/aromatic N) is 2. The van der Waals surface area contributed by atoms with Crippen LogP contribution < -0.4 is 15.8 Å². The molecule has 4 unspecified atom stereocenters. The number of hydrogen-bond acceptors (Lipinski definition) is 6. The fourth-order valence-corrected chi connectivity index (χ4v) is 3.00. The lowest BCUT2D eigenvalue weighted by Crippen LogP contribution is -2.69. The van der Waals surface area contributed by atoms with Crippen LogP contribution in [-0.4, -0.2) is 41.4 Å². The molecule has 2 aliphatic rings. The van der Waals surface area contributed by atoms with Crippen LogP contribution in [0.5, 0.6) is 5.88 Å². The Morgan fingerprint density at radius 1 is 1.50 bits per heavy atom. The molecule has 0 spiro atoms. The molecule has 3 N–H and O–H groups in total. The minimum atomic E-state index is 0.134. The highest BCUT2D eigenvalue weighted by Gasteiger charge is 2.50. The second-order valence-electron chi connectivity index (χ2n) is 5.48. The Balaban J connectivity index is 1.62. The summed E-state index contributed by atoms with van der Waals surface area (Å²) < 4.78 is 11.3. The van der Waals surface area contributed by atoms with Crippen molar-refractivity contribution in [2.45, 2.75) is 44.4 Å². The zero-order valence-electron chi connectivity index (χ0n) is 11.8. The lowest BCUT2D eigenvalue weighted by atomic mass is 9.68. The third kappa shape index (κ3) is 2.58. The maximum Gasteiger partial charge on any atom is 0.218 e. The normalized spacial score (nSPS) is 32.1. The van der Waals surface area contributed by atoms with Gasteiger partial charge in [0.05, 0.1) is 18.8 Å². The van der Waals surface area contributed by atoms with Crippen molar-refractivity contribution in [3.63, 3.8) is 0 Å². The fourth-order valence-electron chi connectivity index (χ4n) is 3.00. The number of hydrogen-bond donors (Lipinski definition) is 2. The molecule has 0 bridgehead atoms. The van der Waals surface area contributed by atoms with Gasteiger partial charge in [0.2, 0.25) is 5.88 Å². The molecule has 1 aromatic rings. The van der Waals surface area contributed by atoms with Gasteiger partial charge in [0.1, 0.15) is 12.1 Å². The van der Waals surface area contributed by atoms with Crippen molar-refractivity contribution < 1.29 is 9.47 Å². The first-order chi connectivity index (χ1) is 9.79. The van der Waals surface area contributed by atoms with Crippen LogP contribution in [0.2, 0.25) is 0 Å². The van der Waals surface area contributed by atoms with Crippen molar-refractivity contribution in [3.8, 4) is 5.88 Å². The van der Waals surface area contributed by atoms with Gasteiger partial charge in [-0.05, 0) is 19.3 Å². The van der Waals surface area contributed by atoms with Crippen LogP contribution in [0.3, 0.4) is 0 Å². The van der Waals surface area contributed by atoms with Gasteiger partial charge in [-0.15, -0.1) is 0 Å². The molecule has 0 amide bonds. The number of ether oxygens (including phenoxy) is 2. The van der Waals surface area contributed by atoms with Crippen LogP contribution in [0.1, 0.15) is 26.2 Å². The Labute approximate surface area is 119 Å². The molecule has 1 saturated carbocycles. The van der Waals surface area contributed by atoms with Gasteiger partial charge < -0.3 is 20.5 Å². The number of nitrogens with one attached hydrogen (secondary N) is 1. The van der Waals surface area contributed by atoms with Gasteiger partial charge in [0, 0.05) is 24.6 Å². The maximum absolute atomic E-state index is 6.23. The van der Waals surface area contributed by atoms with Crippen LogP contribution in [0.25, 0.3) is 0 Å². The molecule has 0 radical (unpaired) electrons. The topological polar surface area (TPSA) is 82.3 Å². The lowest BCUT2D eigenvalue weighted by Gasteiger charge is -2.52. The summed E-state index contributed by atoms with van der Waals surface area (Å²) in [5.41, 5.74) is 6.23. The van der Waals surface area contributed by atoms with Crippen molar-refractivity contribution >= 4 is 5.82 Å². The van der Waals surface area contributed by atoms with Crippen LogP contribution in [0.15, 0.2) is 12.4 Å². The van der Waals surface area contributed by atoms with Crippen molar-refractivity contribution in [2.24, 2.45) is 11.7 Å². The summed E-state index contributed by atoms with van der Waals surface area (Å²) in [7, 11) is 0. The Morgan fingerprint density at radius 3 is 3.25 bits per heavy atom. The second kappa shape index (κ2) is 5.93. The minimum absolute atomic E-state index is 0.134. The van der Waals surface area contributed by atoms with E-state index in [0.717, 1.165) is 25.3 Å². The van der Waals surface area contributed by atoms with Gasteiger partial charge in [-0.2, -0.15) is 0 Å². The van der Waals surface area contributed by atoms with E-state index in [2.05, 4.69) is 22.2 Å². The summed E-state index contributed by atoms with van der Waals surface area (Å²) in [6.07, 6.45) is 4.96. The van der Waals surface area contributed by atoms with Crippen molar-refractivity contribution in [1.82, 2.24) is 9.97 Å². The number of fused-ring (bicyclic) bond motifs is 1. The van der Waals surface area contributed by atoms with E-state index in [0.29, 0.717) is 18.4 Å². The smallest absolute Gasteiger partial charge is 0.218 e. The molecular formula is C14H22N4O2. The standard InChI is InChI=1S/C14H22N4O2/c1-2-5-19-11-7-10(16-8-17-11)18-13-12(15)9-4-3-6-20-14(9)13/h7-9,12-14H,2-6,15H2,1H3,(H,16,17,18). The first-order valence-corrected chi connectivity index (χ1v) is 7.38. The monoisotopic (exact) mass is 278 g/mol. The van der Waals surface area contributed by atoms with Gasteiger partial charge in [-0.1, -0.05) is 6.92 Å². The second-order valence-corrected chi connectivity index (χ2v) is 5.48.